The SMILES string of the molecule is O=[SH+]1CCN(Cc2c(F)cc(-c3cccc4ncc(-c5cnn(C6CCNCC6)c5)nc34)cc2F)CC1. The van der Waals surface area contributed by atoms with Crippen LogP contribution < -0.4 is 5.32 Å². The molecule has 2 aromatic heterocycles. The van der Waals surface area contributed by atoms with E-state index in [0.29, 0.717) is 58.5 Å². The minimum absolute atomic E-state index is 0.0400. The van der Waals surface area contributed by atoms with Crippen LogP contribution in [0.3, 0.4) is 0 Å². The first-order valence-electron chi connectivity index (χ1n) is 12.7. The standard InChI is InChI=1S/C27H28F2N6OS/c28-23-12-18(13-24(29)22(23)17-34-8-10-37(36)11-9-34)21-2-1-3-25-27(21)33-26(15-31-25)19-14-32-35(16-19)20-4-6-30-7-5-20/h1-3,12-16,20,30H,4-11,17H2/p+1. The maximum absolute atomic E-state index is 15.2. The lowest BCUT2D eigenvalue weighted by Gasteiger charge is -2.24. The lowest BCUT2D eigenvalue weighted by atomic mass is 10.0. The van der Waals surface area contributed by atoms with Gasteiger partial charge in [-0.15, -0.1) is 4.21 Å². The molecule has 10 heteroatoms. The molecule has 0 radical (unpaired) electrons. The third kappa shape index (κ3) is 5.05. The Morgan fingerprint density at radius 1 is 1.03 bits per heavy atom. The molecule has 1 N–H and O–H groups in total. The smallest absolute Gasteiger partial charge is 0.131 e. The van der Waals surface area contributed by atoms with Crippen molar-refractivity contribution in [2.75, 3.05) is 37.7 Å². The predicted octanol–water partition coefficient (Wildman–Crippen LogP) is 3.87. The Bertz CT molecular complexity index is 1440. The Hall–Kier alpha value is -3.08. The summed E-state index contributed by atoms with van der Waals surface area (Å²) in [7, 11) is -1.18. The van der Waals surface area contributed by atoms with E-state index < -0.39 is 22.4 Å². The molecule has 0 unspecified atom stereocenters. The molecule has 4 heterocycles. The molecular weight excluding hydrogens is 494 g/mol. The van der Waals surface area contributed by atoms with Crippen LogP contribution in [0.15, 0.2) is 48.9 Å². The van der Waals surface area contributed by atoms with Gasteiger partial charge in [0.05, 0.1) is 46.0 Å². The summed E-state index contributed by atoms with van der Waals surface area (Å²) in [5, 5.41) is 7.93. The highest BCUT2D eigenvalue weighted by Crippen LogP contribution is 2.31. The summed E-state index contributed by atoms with van der Waals surface area (Å²) in [4.78, 5) is 11.4. The van der Waals surface area contributed by atoms with Crippen LogP contribution in [0.5, 0.6) is 0 Å². The van der Waals surface area contributed by atoms with E-state index in [9.17, 15) is 4.21 Å². The Balaban J connectivity index is 1.32. The molecule has 7 nitrogen and oxygen atoms in total. The molecule has 0 bridgehead atoms. The van der Waals surface area contributed by atoms with Gasteiger partial charge in [-0.2, -0.15) is 5.10 Å². The molecule has 2 aromatic carbocycles. The quantitative estimate of drug-likeness (QED) is 0.316. The van der Waals surface area contributed by atoms with E-state index in [4.69, 9.17) is 4.98 Å². The van der Waals surface area contributed by atoms with Gasteiger partial charge in [0.15, 0.2) is 0 Å². The van der Waals surface area contributed by atoms with Gasteiger partial charge in [-0.25, -0.2) is 13.8 Å². The molecule has 0 amide bonds. The molecule has 6 rings (SSSR count). The zero-order valence-electron chi connectivity index (χ0n) is 20.4. The van der Waals surface area contributed by atoms with E-state index in [2.05, 4.69) is 15.4 Å². The van der Waals surface area contributed by atoms with Crippen molar-refractivity contribution in [2.24, 2.45) is 0 Å². The number of hydrogen-bond acceptors (Lipinski definition) is 6. The number of thiol groups is 1. The van der Waals surface area contributed by atoms with Gasteiger partial charge in [0, 0.05) is 42.5 Å². The number of rotatable bonds is 5. The van der Waals surface area contributed by atoms with Gasteiger partial charge in [-0.3, -0.25) is 14.6 Å². The third-order valence-electron chi connectivity index (χ3n) is 7.32. The van der Waals surface area contributed by atoms with Gasteiger partial charge in [0.25, 0.3) is 0 Å². The van der Waals surface area contributed by atoms with Crippen LogP contribution >= 0.6 is 0 Å². The summed E-state index contributed by atoms with van der Waals surface area (Å²) in [5.74, 6) is -0.0295. The average molecular weight is 524 g/mol. The van der Waals surface area contributed by atoms with Crippen LogP contribution in [0, 0.1) is 11.6 Å². The molecule has 37 heavy (non-hydrogen) atoms. The number of aromatic nitrogens is 4. The maximum atomic E-state index is 15.2. The Morgan fingerprint density at radius 2 is 1.78 bits per heavy atom. The van der Waals surface area contributed by atoms with E-state index >= 15 is 8.78 Å². The molecule has 2 aliphatic heterocycles. The van der Waals surface area contributed by atoms with Crippen molar-refractivity contribution in [2.45, 2.75) is 25.4 Å². The van der Waals surface area contributed by atoms with E-state index in [1.54, 1.807) is 12.4 Å². The summed E-state index contributed by atoms with van der Waals surface area (Å²) >= 11 is 0. The Labute approximate surface area is 216 Å². The van der Waals surface area contributed by atoms with Gasteiger partial charge < -0.3 is 5.32 Å². The molecule has 2 fully saturated rings. The van der Waals surface area contributed by atoms with Gasteiger partial charge in [-0.05, 0) is 49.7 Å². The highest BCUT2D eigenvalue weighted by Gasteiger charge is 2.23. The summed E-state index contributed by atoms with van der Waals surface area (Å²) in [6, 6.07) is 8.59. The number of benzene rings is 2. The van der Waals surface area contributed by atoms with Crippen molar-refractivity contribution >= 4 is 21.8 Å². The zero-order valence-corrected chi connectivity index (χ0v) is 21.3. The average Bonchev–Trinajstić information content (AvgIpc) is 3.42. The monoisotopic (exact) mass is 523 g/mol. The predicted molar refractivity (Wildman–Crippen MR) is 142 cm³/mol. The highest BCUT2D eigenvalue weighted by molar-refractivity contribution is 7.85. The van der Waals surface area contributed by atoms with Crippen LogP contribution in [-0.2, 0) is 21.6 Å². The van der Waals surface area contributed by atoms with Crippen LogP contribution in [0.4, 0.5) is 8.78 Å². The van der Waals surface area contributed by atoms with Crippen molar-refractivity contribution in [1.82, 2.24) is 30.0 Å². The van der Waals surface area contributed by atoms with Crippen LogP contribution in [-0.4, -0.2) is 62.3 Å². The van der Waals surface area contributed by atoms with E-state index in [0.717, 1.165) is 31.5 Å². The van der Waals surface area contributed by atoms with Crippen LogP contribution in [0.25, 0.3) is 33.4 Å². The van der Waals surface area contributed by atoms with Gasteiger partial charge in [-0.1, -0.05) is 12.1 Å². The second kappa shape index (κ2) is 10.4. The number of nitrogens with zero attached hydrogens (tertiary/aromatic N) is 5. The molecular formula is C27H29F2N6OS+. The first kappa shape index (κ1) is 24.3. The number of hydrogen-bond donors (Lipinski definition) is 1. The summed E-state index contributed by atoms with van der Waals surface area (Å²) in [6.07, 6.45) is 7.57. The topological polar surface area (TPSA) is 75.9 Å². The van der Waals surface area contributed by atoms with Crippen molar-refractivity contribution in [3.05, 3.63) is 66.1 Å². The molecule has 0 saturated carbocycles. The summed E-state index contributed by atoms with van der Waals surface area (Å²) in [5.41, 5.74) is 3.85. The first-order chi connectivity index (χ1) is 18.0. The molecule has 0 atom stereocenters. The normalized spacial score (nSPS) is 18.0. The number of para-hydroxylation sites is 1. The number of piperidine rings is 1. The molecule has 0 aliphatic carbocycles. The fourth-order valence-electron chi connectivity index (χ4n) is 5.17. The number of halogens is 2. The molecule has 4 aromatic rings. The fraction of sp³-hybridized carbons (Fsp3) is 0.370. The molecule has 192 valence electrons. The minimum atomic E-state index is -1.18. The van der Waals surface area contributed by atoms with Crippen LogP contribution in [0.1, 0.15) is 24.4 Å². The molecule has 2 aliphatic rings. The minimum Gasteiger partial charge on any atom is -0.317 e. The van der Waals surface area contributed by atoms with E-state index in [1.807, 2.05) is 34.0 Å². The number of fused-ring (bicyclic) bond motifs is 1. The summed E-state index contributed by atoms with van der Waals surface area (Å²) < 4.78 is 44.0. The first-order valence-corrected chi connectivity index (χ1v) is 14.3. The van der Waals surface area contributed by atoms with Crippen molar-refractivity contribution < 1.29 is 13.0 Å². The second-order valence-electron chi connectivity index (χ2n) is 9.74. The van der Waals surface area contributed by atoms with Gasteiger partial charge in [0.2, 0.25) is 0 Å². The highest BCUT2D eigenvalue weighted by atomic mass is 32.2. The Morgan fingerprint density at radius 3 is 2.54 bits per heavy atom. The van der Waals surface area contributed by atoms with Crippen molar-refractivity contribution in [3.8, 4) is 22.4 Å². The van der Waals surface area contributed by atoms with E-state index in [-0.39, 0.29) is 12.1 Å². The van der Waals surface area contributed by atoms with Gasteiger partial charge >= 0.3 is 0 Å². The van der Waals surface area contributed by atoms with Crippen LogP contribution in [0.2, 0.25) is 0 Å². The van der Waals surface area contributed by atoms with Gasteiger partial charge in [0.1, 0.15) is 23.1 Å². The largest absolute Gasteiger partial charge is 0.317 e. The molecule has 2 saturated heterocycles. The lowest BCUT2D eigenvalue weighted by molar-refractivity contribution is 0.281. The summed E-state index contributed by atoms with van der Waals surface area (Å²) in [6.45, 7) is 3.30. The van der Waals surface area contributed by atoms with Crippen molar-refractivity contribution in [3.63, 3.8) is 0 Å². The second-order valence-corrected chi connectivity index (χ2v) is 11.6. The van der Waals surface area contributed by atoms with E-state index in [1.165, 1.54) is 12.1 Å². The zero-order chi connectivity index (χ0) is 25.4. The Kier molecular flexibility index (Phi) is 6.79. The maximum Gasteiger partial charge on any atom is 0.131 e. The van der Waals surface area contributed by atoms with Crippen molar-refractivity contribution in [1.29, 1.82) is 0 Å². The third-order valence-corrected chi connectivity index (χ3v) is 8.72. The number of nitrogens with one attached hydrogen (secondary N) is 1. The lowest BCUT2D eigenvalue weighted by Crippen LogP contribution is -2.37. The fourth-order valence-corrected chi connectivity index (χ4v) is 6.40. The molecule has 0 spiro atoms.